The largest absolute Gasteiger partial charge is 0.366 e. The van der Waals surface area contributed by atoms with E-state index in [0.29, 0.717) is 5.33 Å². The number of nitrogens with zero attached hydrogens (tertiary/aromatic N) is 2. The molecular formula is C14H19BrN2O2. The van der Waals surface area contributed by atoms with E-state index in [1.54, 1.807) is 6.07 Å². The number of anilines is 1. The Hall–Kier alpha value is -1.10. The molecule has 1 aromatic carbocycles. The first kappa shape index (κ1) is 14.3. The van der Waals surface area contributed by atoms with E-state index in [2.05, 4.69) is 27.8 Å². The molecule has 1 aromatic rings. The standard InChI is InChI=1S/C14H19BrN2O2/c1-2-7-16(10-11-3-4-11)13-6-5-12(9-15)8-14(13)17(18)19/h5-6,8,11H,2-4,7,9-10H2,1H3. The van der Waals surface area contributed by atoms with Crippen LogP contribution in [0.4, 0.5) is 11.4 Å². The summed E-state index contributed by atoms with van der Waals surface area (Å²) >= 11 is 3.35. The SMILES string of the molecule is CCCN(CC1CC1)c1ccc(CBr)cc1[N+](=O)[O-]. The van der Waals surface area contributed by atoms with Crippen LogP contribution < -0.4 is 4.90 Å². The van der Waals surface area contributed by atoms with Crippen LogP contribution in [0.15, 0.2) is 18.2 Å². The van der Waals surface area contributed by atoms with Crippen molar-refractivity contribution in [3.8, 4) is 0 Å². The number of halogens is 1. The first-order valence-electron chi connectivity index (χ1n) is 6.74. The fourth-order valence-electron chi connectivity index (χ4n) is 2.26. The van der Waals surface area contributed by atoms with Crippen LogP contribution in [0.3, 0.4) is 0 Å². The second-order valence-electron chi connectivity index (χ2n) is 5.10. The molecule has 0 unspecified atom stereocenters. The van der Waals surface area contributed by atoms with Gasteiger partial charge in [-0.15, -0.1) is 0 Å². The van der Waals surface area contributed by atoms with E-state index in [9.17, 15) is 10.1 Å². The van der Waals surface area contributed by atoms with Gasteiger partial charge in [-0.05, 0) is 36.8 Å². The Morgan fingerprint density at radius 1 is 1.47 bits per heavy atom. The summed E-state index contributed by atoms with van der Waals surface area (Å²) in [5, 5.41) is 11.9. The van der Waals surface area contributed by atoms with Crippen LogP contribution in [0.1, 0.15) is 31.7 Å². The molecule has 1 fully saturated rings. The topological polar surface area (TPSA) is 46.4 Å². The van der Waals surface area contributed by atoms with Crippen LogP contribution in [0.25, 0.3) is 0 Å². The number of rotatable bonds is 7. The average molecular weight is 327 g/mol. The molecule has 0 heterocycles. The van der Waals surface area contributed by atoms with Gasteiger partial charge in [-0.1, -0.05) is 28.9 Å². The zero-order chi connectivity index (χ0) is 13.8. The van der Waals surface area contributed by atoms with Crippen molar-refractivity contribution in [3.63, 3.8) is 0 Å². The highest BCUT2D eigenvalue weighted by molar-refractivity contribution is 9.08. The Kier molecular flexibility index (Phi) is 4.80. The van der Waals surface area contributed by atoms with Crippen LogP contribution in [-0.4, -0.2) is 18.0 Å². The number of nitro benzene ring substituents is 1. The number of benzene rings is 1. The van der Waals surface area contributed by atoms with E-state index in [1.165, 1.54) is 12.8 Å². The highest BCUT2D eigenvalue weighted by atomic mass is 79.9. The van der Waals surface area contributed by atoms with Gasteiger partial charge in [0.15, 0.2) is 0 Å². The summed E-state index contributed by atoms with van der Waals surface area (Å²) in [7, 11) is 0. The summed E-state index contributed by atoms with van der Waals surface area (Å²) in [6.45, 7) is 3.94. The molecule has 0 aromatic heterocycles. The third kappa shape index (κ3) is 3.69. The van der Waals surface area contributed by atoms with Crippen molar-refractivity contribution in [2.75, 3.05) is 18.0 Å². The Balaban J connectivity index is 2.30. The number of hydrogen-bond acceptors (Lipinski definition) is 3. The van der Waals surface area contributed by atoms with Gasteiger partial charge in [0.2, 0.25) is 0 Å². The van der Waals surface area contributed by atoms with Gasteiger partial charge in [-0.25, -0.2) is 0 Å². The van der Waals surface area contributed by atoms with Crippen molar-refractivity contribution in [1.29, 1.82) is 0 Å². The third-order valence-electron chi connectivity index (χ3n) is 3.40. The maximum atomic E-state index is 11.3. The molecule has 4 nitrogen and oxygen atoms in total. The van der Waals surface area contributed by atoms with Crippen LogP contribution in [0.5, 0.6) is 0 Å². The maximum absolute atomic E-state index is 11.3. The number of alkyl halides is 1. The van der Waals surface area contributed by atoms with Gasteiger partial charge in [-0.3, -0.25) is 10.1 Å². The lowest BCUT2D eigenvalue weighted by atomic mass is 10.1. The van der Waals surface area contributed by atoms with E-state index >= 15 is 0 Å². The third-order valence-corrected chi connectivity index (χ3v) is 4.05. The van der Waals surface area contributed by atoms with Gasteiger partial charge in [0.05, 0.1) is 4.92 Å². The lowest BCUT2D eigenvalue weighted by Crippen LogP contribution is -2.27. The van der Waals surface area contributed by atoms with Crippen molar-refractivity contribution in [2.24, 2.45) is 5.92 Å². The van der Waals surface area contributed by atoms with E-state index in [1.807, 2.05) is 12.1 Å². The van der Waals surface area contributed by atoms with E-state index in [4.69, 9.17) is 0 Å². The van der Waals surface area contributed by atoms with Crippen LogP contribution >= 0.6 is 15.9 Å². The molecule has 0 bridgehead atoms. The Bertz CT molecular complexity index is 461. The second kappa shape index (κ2) is 6.37. The molecule has 0 atom stereocenters. The van der Waals surface area contributed by atoms with Gasteiger partial charge in [-0.2, -0.15) is 0 Å². The molecular weight excluding hydrogens is 308 g/mol. The summed E-state index contributed by atoms with van der Waals surface area (Å²) in [5.74, 6) is 0.724. The predicted molar refractivity (Wildman–Crippen MR) is 81.0 cm³/mol. The van der Waals surface area contributed by atoms with Crippen molar-refractivity contribution < 1.29 is 4.92 Å². The average Bonchev–Trinajstić information content (AvgIpc) is 3.21. The molecule has 0 spiro atoms. The number of nitro groups is 1. The van der Waals surface area contributed by atoms with E-state index in [-0.39, 0.29) is 10.6 Å². The Morgan fingerprint density at radius 2 is 2.21 bits per heavy atom. The minimum absolute atomic E-state index is 0.228. The maximum Gasteiger partial charge on any atom is 0.292 e. The van der Waals surface area contributed by atoms with Gasteiger partial charge < -0.3 is 4.90 Å². The fourth-order valence-corrected chi connectivity index (χ4v) is 2.61. The molecule has 5 heteroatoms. The quantitative estimate of drug-likeness (QED) is 0.430. The number of hydrogen-bond donors (Lipinski definition) is 0. The van der Waals surface area contributed by atoms with Crippen molar-refractivity contribution in [3.05, 3.63) is 33.9 Å². The highest BCUT2D eigenvalue weighted by Crippen LogP contribution is 2.35. The molecule has 2 rings (SSSR count). The van der Waals surface area contributed by atoms with Crippen LogP contribution in [0.2, 0.25) is 0 Å². The van der Waals surface area contributed by atoms with E-state index in [0.717, 1.165) is 36.7 Å². The molecule has 1 saturated carbocycles. The first-order chi connectivity index (χ1) is 9.15. The summed E-state index contributed by atoms with van der Waals surface area (Å²) in [6, 6.07) is 5.54. The van der Waals surface area contributed by atoms with Gasteiger partial charge in [0, 0.05) is 24.5 Å². The smallest absolute Gasteiger partial charge is 0.292 e. The van der Waals surface area contributed by atoms with Gasteiger partial charge in [0.25, 0.3) is 5.69 Å². The molecule has 0 aliphatic heterocycles. The normalized spacial score (nSPS) is 14.4. The molecule has 0 N–H and O–H groups in total. The van der Waals surface area contributed by atoms with Gasteiger partial charge in [0.1, 0.15) is 5.69 Å². The Labute approximate surface area is 122 Å². The van der Waals surface area contributed by atoms with Crippen LogP contribution in [0, 0.1) is 16.0 Å². The fraction of sp³-hybridized carbons (Fsp3) is 0.571. The van der Waals surface area contributed by atoms with E-state index < -0.39 is 0 Å². The predicted octanol–water partition coefficient (Wildman–Crippen LogP) is 4.12. The van der Waals surface area contributed by atoms with Gasteiger partial charge >= 0.3 is 0 Å². The zero-order valence-corrected chi connectivity index (χ0v) is 12.7. The lowest BCUT2D eigenvalue weighted by Gasteiger charge is -2.24. The summed E-state index contributed by atoms with van der Waals surface area (Å²) in [5.41, 5.74) is 1.94. The second-order valence-corrected chi connectivity index (χ2v) is 5.66. The molecule has 1 aliphatic rings. The first-order valence-corrected chi connectivity index (χ1v) is 7.86. The van der Waals surface area contributed by atoms with Crippen molar-refractivity contribution in [1.82, 2.24) is 0 Å². The molecule has 0 radical (unpaired) electrons. The molecule has 1 aliphatic carbocycles. The zero-order valence-electron chi connectivity index (χ0n) is 11.1. The minimum Gasteiger partial charge on any atom is -0.366 e. The molecule has 19 heavy (non-hydrogen) atoms. The summed E-state index contributed by atoms with van der Waals surface area (Å²) < 4.78 is 0. The highest BCUT2D eigenvalue weighted by Gasteiger charge is 2.27. The molecule has 0 saturated heterocycles. The van der Waals surface area contributed by atoms with Crippen LogP contribution in [-0.2, 0) is 5.33 Å². The molecule has 0 amide bonds. The van der Waals surface area contributed by atoms with Crippen molar-refractivity contribution >= 4 is 27.3 Å². The van der Waals surface area contributed by atoms with Crippen molar-refractivity contribution in [2.45, 2.75) is 31.5 Å². The Morgan fingerprint density at radius 3 is 2.74 bits per heavy atom. The lowest BCUT2D eigenvalue weighted by molar-refractivity contribution is -0.384. The summed E-state index contributed by atoms with van der Waals surface area (Å²) in [4.78, 5) is 13.2. The summed E-state index contributed by atoms with van der Waals surface area (Å²) in [6.07, 6.45) is 3.52. The monoisotopic (exact) mass is 326 g/mol. The molecule has 104 valence electrons. The minimum atomic E-state index is -0.267.